The fraction of sp³-hybridized carbons (Fsp3) is 0.200. The zero-order valence-corrected chi connectivity index (χ0v) is 16.2. The molecule has 0 saturated heterocycles. The van der Waals surface area contributed by atoms with Crippen molar-refractivity contribution in [3.63, 3.8) is 0 Å². The highest BCUT2D eigenvalue weighted by Gasteiger charge is 2.33. The largest absolute Gasteiger partial charge is 0.494 e. The van der Waals surface area contributed by atoms with Crippen LogP contribution in [-0.2, 0) is 13.2 Å². The Kier molecular flexibility index (Phi) is 5.57. The standard InChI is InChI=1S/C20H16ClF3N2O3/c1-3-29-12-5-7-17-13(9-12)18(27)14(10-26(17)2)19(28)25-11-4-6-16(21)15(8-11)20(22,23)24/h4-10H,3H2,1-2H3,(H,25,28). The van der Waals surface area contributed by atoms with E-state index in [0.29, 0.717) is 17.9 Å². The van der Waals surface area contributed by atoms with E-state index in [2.05, 4.69) is 5.32 Å². The lowest BCUT2D eigenvalue weighted by molar-refractivity contribution is -0.137. The molecule has 0 saturated carbocycles. The number of aromatic nitrogens is 1. The average molecular weight is 425 g/mol. The van der Waals surface area contributed by atoms with Gasteiger partial charge in [-0.3, -0.25) is 9.59 Å². The molecule has 1 N–H and O–H groups in total. The Morgan fingerprint density at radius 3 is 2.59 bits per heavy atom. The highest BCUT2D eigenvalue weighted by atomic mass is 35.5. The van der Waals surface area contributed by atoms with E-state index in [9.17, 15) is 22.8 Å². The minimum atomic E-state index is -4.67. The SMILES string of the molecule is CCOc1ccc2c(c1)c(=O)c(C(=O)Nc1ccc(Cl)c(C(F)(F)F)c1)cn2C. The number of carbonyl (C=O) groups excluding carboxylic acids is 1. The molecule has 9 heteroatoms. The van der Waals surface area contributed by atoms with Crippen LogP contribution >= 0.6 is 11.6 Å². The van der Waals surface area contributed by atoms with Crippen molar-refractivity contribution in [2.75, 3.05) is 11.9 Å². The van der Waals surface area contributed by atoms with Crippen LogP contribution in [-0.4, -0.2) is 17.1 Å². The molecule has 2 aromatic carbocycles. The Labute approximate surface area is 168 Å². The summed E-state index contributed by atoms with van der Waals surface area (Å²) >= 11 is 5.59. The molecule has 3 rings (SSSR count). The van der Waals surface area contributed by atoms with Crippen molar-refractivity contribution in [1.82, 2.24) is 4.57 Å². The molecule has 1 amide bonds. The summed E-state index contributed by atoms with van der Waals surface area (Å²) in [5.74, 6) is -0.355. The first kappa shape index (κ1) is 20.7. The van der Waals surface area contributed by atoms with Gasteiger partial charge >= 0.3 is 6.18 Å². The van der Waals surface area contributed by atoms with Crippen LogP contribution in [0.1, 0.15) is 22.8 Å². The molecule has 0 aliphatic rings. The average Bonchev–Trinajstić information content (AvgIpc) is 2.65. The summed E-state index contributed by atoms with van der Waals surface area (Å²) in [6.45, 7) is 2.21. The number of hydrogen-bond acceptors (Lipinski definition) is 3. The predicted octanol–water partition coefficient (Wildman–Crippen LogP) is 4.86. The number of alkyl halides is 3. The van der Waals surface area contributed by atoms with Gasteiger partial charge < -0.3 is 14.6 Å². The van der Waals surface area contributed by atoms with Gasteiger partial charge in [0.25, 0.3) is 5.91 Å². The number of ether oxygens (including phenoxy) is 1. The third-order valence-electron chi connectivity index (χ3n) is 4.25. The number of carbonyl (C=O) groups is 1. The number of fused-ring (bicyclic) bond motifs is 1. The molecule has 3 aromatic rings. The molecule has 0 aliphatic heterocycles. The van der Waals surface area contributed by atoms with E-state index in [1.165, 1.54) is 18.3 Å². The molecule has 0 spiro atoms. The Hall–Kier alpha value is -3.00. The van der Waals surface area contributed by atoms with E-state index in [0.717, 1.165) is 12.1 Å². The van der Waals surface area contributed by atoms with Crippen LogP contribution in [0, 0.1) is 0 Å². The summed E-state index contributed by atoms with van der Waals surface area (Å²) in [4.78, 5) is 25.4. The number of amides is 1. The van der Waals surface area contributed by atoms with Gasteiger partial charge in [0, 0.05) is 18.9 Å². The second-order valence-corrected chi connectivity index (χ2v) is 6.65. The highest BCUT2D eigenvalue weighted by Crippen LogP contribution is 2.36. The van der Waals surface area contributed by atoms with Crippen molar-refractivity contribution in [2.24, 2.45) is 7.05 Å². The molecule has 1 heterocycles. The topological polar surface area (TPSA) is 60.3 Å². The molecule has 0 fully saturated rings. The fourth-order valence-electron chi connectivity index (χ4n) is 2.91. The van der Waals surface area contributed by atoms with Crippen LogP contribution < -0.4 is 15.5 Å². The van der Waals surface area contributed by atoms with E-state index in [-0.39, 0.29) is 16.6 Å². The van der Waals surface area contributed by atoms with Gasteiger partial charge in [-0.15, -0.1) is 0 Å². The molecular weight excluding hydrogens is 409 g/mol. The van der Waals surface area contributed by atoms with Crippen LogP contribution in [0.5, 0.6) is 5.75 Å². The van der Waals surface area contributed by atoms with E-state index >= 15 is 0 Å². The number of halogens is 4. The summed E-state index contributed by atoms with van der Waals surface area (Å²) in [7, 11) is 1.66. The lowest BCUT2D eigenvalue weighted by Gasteiger charge is -2.13. The van der Waals surface area contributed by atoms with Crippen LogP contribution in [0.3, 0.4) is 0 Å². The highest BCUT2D eigenvalue weighted by molar-refractivity contribution is 6.31. The summed E-state index contributed by atoms with van der Waals surface area (Å²) in [5, 5.41) is 2.10. The van der Waals surface area contributed by atoms with E-state index in [1.54, 1.807) is 30.7 Å². The summed E-state index contributed by atoms with van der Waals surface area (Å²) in [6.07, 6.45) is -3.34. The third-order valence-corrected chi connectivity index (χ3v) is 4.57. The molecule has 0 unspecified atom stereocenters. The van der Waals surface area contributed by atoms with E-state index in [1.807, 2.05) is 0 Å². The number of hydrogen-bond donors (Lipinski definition) is 1. The first-order valence-electron chi connectivity index (χ1n) is 8.56. The van der Waals surface area contributed by atoms with Gasteiger partial charge in [-0.1, -0.05) is 11.6 Å². The van der Waals surface area contributed by atoms with Gasteiger partial charge in [-0.2, -0.15) is 13.2 Å². The summed E-state index contributed by atoms with van der Waals surface area (Å²) in [6, 6.07) is 7.91. The lowest BCUT2D eigenvalue weighted by atomic mass is 10.1. The van der Waals surface area contributed by atoms with Crippen LogP contribution in [0.4, 0.5) is 18.9 Å². The Morgan fingerprint density at radius 1 is 1.21 bits per heavy atom. The van der Waals surface area contributed by atoms with Gasteiger partial charge in [0.15, 0.2) is 0 Å². The number of pyridine rings is 1. The minimum absolute atomic E-state index is 0.128. The van der Waals surface area contributed by atoms with Gasteiger partial charge in [0.1, 0.15) is 11.3 Å². The predicted molar refractivity (Wildman–Crippen MR) is 105 cm³/mol. The monoisotopic (exact) mass is 424 g/mol. The van der Waals surface area contributed by atoms with Gasteiger partial charge in [-0.05, 0) is 43.3 Å². The van der Waals surface area contributed by atoms with Crippen molar-refractivity contribution in [3.8, 4) is 5.75 Å². The second-order valence-electron chi connectivity index (χ2n) is 6.24. The lowest BCUT2D eigenvalue weighted by Crippen LogP contribution is -2.23. The maximum absolute atomic E-state index is 13.0. The molecule has 5 nitrogen and oxygen atoms in total. The normalized spacial score (nSPS) is 11.5. The number of benzene rings is 2. The van der Waals surface area contributed by atoms with Crippen molar-refractivity contribution >= 4 is 34.1 Å². The van der Waals surface area contributed by atoms with Crippen LogP contribution in [0.2, 0.25) is 5.02 Å². The number of anilines is 1. The molecular formula is C20H16ClF3N2O3. The van der Waals surface area contributed by atoms with Gasteiger partial charge in [0.05, 0.1) is 28.1 Å². The number of nitrogens with zero attached hydrogens (tertiary/aromatic N) is 1. The molecule has 152 valence electrons. The number of aryl methyl sites for hydroxylation is 1. The molecule has 1 aromatic heterocycles. The van der Waals surface area contributed by atoms with Gasteiger partial charge in [0.2, 0.25) is 5.43 Å². The fourth-order valence-corrected chi connectivity index (χ4v) is 3.13. The third kappa shape index (κ3) is 4.22. The van der Waals surface area contributed by atoms with Gasteiger partial charge in [-0.25, -0.2) is 0 Å². The zero-order chi connectivity index (χ0) is 21.3. The number of nitrogens with one attached hydrogen (secondary N) is 1. The van der Waals surface area contributed by atoms with Crippen molar-refractivity contribution < 1.29 is 22.7 Å². The first-order valence-corrected chi connectivity index (χ1v) is 8.94. The summed E-state index contributed by atoms with van der Waals surface area (Å²) < 4.78 is 46.0. The Bertz CT molecular complexity index is 1160. The van der Waals surface area contributed by atoms with Crippen molar-refractivity contribution in [2.45, 2.75) is 13.1 Å². The van der Waals surface area contributed by atoms with E-state index in [4.69, 9.17) is 16.3 Å². The minimum Gasteiger partial charge on any atom is -0.494 e. The quantitative estimate of drug-likeness (QED) is 0.650. The summed E-state index contributed by atoms with van der Waals surface area (Å²) in [5.41, 5.74) is -1.39. The van der Waals surface area contributed by atoms with Crippen LogP contribution in [0.15, 0.2) is 47.4 Å². The van der Waals surface area contributed by atoms with Crippen LogP contribution in [0.25, 0.3) is 10.9 Å². The maximum Gasteiger partial charge on any atom is 0.417 e. The van der Waals surface area contributed by atoms with Crippen molar-refractivity contribution in [1.29, 1.82) is 0 Å². The second kappa shape index (κ2) is 7.79. The van der Waals surface area contributed by atoms with Crippen molar-refractivity contribution in [3.05, 3.63) is 69.0 Å². The Morgan fingerprint density at radius 2 is 1.93 bits per heavy atom. The maximum atomic E-state index is 13.0. The zero-order valence-electron chi connectivity index (χ0n) is 15.4. The number of rotatable bonds is 4. The molecule has 0 radical (unpaired) electrons. The molecule has 29 heavy (non-hydrogen) atoms. The molecule has 0 atom stereocenters. The molecule has 0 aliphatic carbocycles. The first-order chi connectivity index (χ1) is 13.6. The van der Waals surface area contributed by atoms with E-state index < -0.39 is 28.1 Å². The molecule has 0 bridgehead atoms. The smallest absolute Gasteiger partial charge is 0.417 e. The Balaban J connectivity index is 2.02.